The van der Waals surface area contributed by atoms with E-state index in [2.05, 4.69) is 41.2 Å². The topological polar surface area (TPSA) is 44.8 Å². The van der Waals surface area contributed by atoms with Crippen LogP contribution in [-0.4, -0.2) is 48.9 Å². The zero-order chi connectivity index (χ0) is 27.4. The van der Waals surface area contributed by atoms with Gasteiger partial charge < -0.3 is 15.0 Å². The van der Waals surface area contributed by atoms with Gasteiger partial charge in [-0.15, -0.1) is 0 Å². The number of hydrogen-bond acceptors (Lipinski definition) is 4. The van der Waals surface area contributed by atoms with Gasteiger partial charge in [0.25, 0.3) is 0 Å². The van der Waals surface area contributed by atoms with Crippen molar-refractivity contribution in [2.45, 2.75) is 45.1 Å². The Morgan fingerprint density at radius 2 is 1.56 bits per heavy atom. The second-order valence-electron chi connectivity index (χ2n) is 11.0. The Hall–Kier alpha value is -3.29. The molecule has 0 radical (unpaired) electrons. The van der Waals surface area contributed by atoms with E-state index < -0.39 is 11.6 Å². The minimum Gasteiger partial charge on any atom is -0.457 e. The number of carbonyl (C=O) groups is 1. The van der Waals surface area contributed by atoms with Crippen LogP contribution in [0.5, 0.6) is 11.5 Å². The summed E-state index contributed by atoms with van der Waals surface area (Å²) in [4.78, 5) is 17.6. The van der Waals surface area contributed by atoms with E-state index in [-0.39, 0.29) is 17.6 Å². The SMILES string of the molecule is Cc1ccc(NC(=O)C2CCN(C)CC2)cc1C1CCN(Cc2ccc(Oc3ccc(F)c(F)c3)cc2)CC1. The van der Waals surface area contributed by atoms with Crippen molar-refractivity contribution in [1.29, 1.82) is 0 Å². The first-order chi connectivity index (χ1) is 18.8. The molecule has 2 saturated heterocycles. The molecule has 2 heterocycles. The molecule has 5 rings (SSSR count). The van der Waals surface area contributed by atoms with Gasteiger partial charge in [0.15, 0.2) is 11.6 Å². The van der Waals surface area contributed by atoms with Gasteiger partial charge in [-0.25, -0.2) is 8.78 Å². The van der Waals surface area contributed by atoms with E-state index in [9.17, 15) is 13.6 Å². The molecule has 0 spiro atoms. The Kier molecular flexibility index (Phi) is 8.58. The Balaban J connectivity index is 1.13. The summed E-state index contributed by atoms with van der Waals surface area (Å²) in [6.07, 6.45) is 3.99. The first kappa shape index (κ1) is 27.3. The third-order valence-corrected chi connectivity index (χ3v) is 8.12. The largest absolute Gasteiger partial charge is 0.457 e. The van der Waals surface area contributed by atoms with Crippen LogP contribution in [0.25, 0.3) is 0 Å². The van der Waals surface area contributed by atoms with E-state index in [1.54, 1.807) is 0 Å². The summed E-state index contributed by atoms with van der Waals surface area (Å²) in [5.41, 5.74) is 4.71. The van der Waals surface area contributed by atoms with E-state index in [4.69, 9.17) is 4.74 Å². The van der Waals surface area contributed by atoms with Crippen LogP contribution in [0.4, 0.5) is 14.5 Å². The zero-order valence-corrected chi connectivity index (χ0v) is 22.8. The number of carbonyl (C=O) groups excluding carboxylic acids is 1. The molecule has 206 valence electrons. The van der Waals surface area contributed by atoms with Gasteiger partial charge in [0.1, 0.15) is 11.5 Å². The lowest BCUT2D eigenvalue weighted by molar-refractivity contribution is -0.121. The Labute approximate surface area is 229 Å². The number of benzene rings is 3. The average Bonchev–Trinajstić information content (AvgIpc) is 2.94. The van der Waals surface area contributed by atoms with Gasteiger partial charge >= 0.3 is 0 Å². The average molecular weight is 534 g/mol. The maximum Gasteiger partial charge on any atom is 0.227 e. The van der Waals surface area contributed by atoms with Gasteiger partial charge in [-0.05, 0) is 125 Å². The van der Waals surface area contributed by atoms with Crippen molar-refractivity contribution in [2.75, 3.05) is 38.5 Å². The van der Waals surface area contributed by atoms with E-state index in [1.807, 2.05) is 30.3 Å². The van der Waals surface area contributed by atoms with Crippen molar-refractivity contribution in [2.24, 2.45) is 5.92 Å². The van der Waals surface area contributed by atoms with Crippen LogP contribution in [-0.2, 0) is 11.3 Å². The quantitative estimate of drug-likeness (QED) is 0.366. The number of halogens is 2. The van der Waals surface area contributed by atoms with Crippen LogP contribution in [0.2, 0.25) is 0 Å². The zero-order valence-electron chi connectivity index (χ0n) is 22.8. The second-order valence-corrected chi connectivity index (χ2v) is 11.0. The molecule has 0 aromatic heterocycles. The predicted molar refractivity (Wildman–Crippen MR) is 150 cm³/mol. The van der Waals surface area contributed by atoms with Gasteiger partial charge in [0.05, 0.1) is 0 Å². The van der Waals surface area contributed by atoms with Gasteiger partial charge in [-0.3, -0.25) is 9.69 Å². The summed E-state index contributed by atoms with van der Waals surface area (Å²) in [6, 6.07) is 17.6. The number of rotatable bonds is 7. The van der Waals surface area contributed by atoms with Gasteiger partial charge in [-0.1, -0.05) is 18.2 Å². The minimum atomic E-state index is -0.924. The number of likely N-dealkylation sites (tertiary alicyclic amines) is 2. The van der Waals surface area contributed by atoms with Crippen molar-refractivity contribution in [1.82, 2.24) is 9.80 Å². The van der Waals surface area contributed by atoms with E-state index in [0.717, 1.165) is 76.2 Å². The molecule has 0 bridgehead atoms. The normalized spacial score (nSPS) is 17.7. The number of nitrogens with zero attached hydrogens (tertiary/aromatic N) is 2. The van der Waals surface area contributed by atoms with Gasteiger partial charge in [0.2, 0.25) is 5.91 Å². The van der Waals surface area contributed by atoms with Crippen molar-refractivity contribution in [3.63, 3.8) is 0 Å². The van der Waals surface area contributed by atoms with E-state index in [1.165, 1.54) is 22.8 Å². The van der Waals surface area contributed by atoms with Crippen LogP contribution in [0.3, 0.4) is 0 Å². The molecule has 39 heavy (non-hydrogen) atoms. The first-order valence-electron chi connectivity index (χ1n) is 13.9. The molecule has 0 atom stereocenters. The molecule has 3 aromatic rings. The molecule has 0 saturated carbocycles. The number of aryl methyl sites for hydroxylation is 1. The lowest BCUT2D eigenvalue weighted by atomic mass is 9.86. The molecule has 2 aliphatic heterocycles. The van der Waals surface area contributed by atoms with Crippen LogP contribution in [0, 0.1) is 24.5 Å². The highest BCUT2D eigenvalue weighted by atomic mass is 19.2. The lowest BCUT2D eigenvalue weighted by Gasteiger charge is -2.33. The Morgan fingerprint density at radius 1 is 0.872 bits per heavy atom. The molecule has 3 aromatic carbocycles. The Bertz CT molecular complexity index is 1280. The summed E-state index contributed by atoms with van der Waals surface area (Å²) in [5.74, 6) is -0.236. The summed E-state index contributed by atoms with van der Waals surface area (Å²) in [5, 5.41) is 3.19. The molecular weight excluding hydrogens is 496 g/mol. The number of anilines is 1. The molecule has 2 fully saturated rings. The summed E-state index contributed by atoms with van der Waals surface area (Å²) in [6.45, 7) is 6.97. The molecule has 1 amide bonds. The minimum absolute atomic E-state index is 0.0979. The van der Waals surface area contributed by atoms with Crippen LogP contribution >= 0.6 is 0 Å². The van der Waals surface area contributed by atoms with Crippen molar-refractivity contribution < 1.29 is 18.3 Å². The first-order valence-corrected chi connectivity index (χ1v) is 13.9. The van der Waals surface area contributed by atoms with Gasteiger partial charge in [0, 0.05) is 24.2 Å². The molecule has 0 unspecified atom stereocenters. The Morgan fingerprint density at radius 3 is 2.26 bits per heavy atom. The number of hydrogen-bond donors (Lipinski definition) is 1. The van der Waals surface area contributed by atoms with E-state index >= 15 is 0 Å². The van der Waals surface area contributed by atoms with Gasteiger partial charge in [-0.2, -0.15) is 0 Å². The summed E-state index contributed by atoms with van der Waals surface area (Å²) < 4.78 is 32.2. The van der Waals surface area contributed by atoms with Crippen LogP contribution in [0.1, 0.15) is 48.3 Å². The fraction of sp³-hybridized carbons (Fsp3) is 0.406. The number of amides is 1. The monoisotopic (exact) mass is 533 g/mol. The fourth-order valence-corrected chi connectivity index (χ4v) is 5.67. The molecule has 0 aliphatic carbocycles. The lowest BCUT2D eigenvalue weighted by Crippen LogP contribution is -2.36. The van der Waals surface area contributed by atoms with Crippen molar-refractivity contribution >= 4 is 11.6 Å². The molecular formula is C32H37F2N3O2. The number of piperidine rings is 2. The maximum atomic E-state index is 13.4. The van der Waals surface area contributed by atoms with Crippen LogP contribution in [0.15, 0.2) is 60.7 Å². The van der Waals surface area contributed by atoms with Crippen LogP contribution < -0.4 is 10.1 Å². The molecule has 1 N–H and O–H groups in total. The highest BCUT2D eigenvalue weighted by Gasteiger charge is 2.25. The summed E-state index contributed by atoms with van der Waals surface area (Å²) in [7, 11) is 2.11. The third-order valence-electron chi connectivity index (χ3n) is 8.12. The van der Waals surface area contributed by atoms with Crippen molar-refractivity contribution in [3.8, 4) is 11.5 Å². The van der Waals surface area contributed by atoms with Crippen molar-refractivity contribution in [3.05, 3.63) is 89.0 Å². The predicted octanol–water partition coefficient (Wildman–Crippen LogP) is 6.73. The fourth-order valence-electron chi connectivity index (χ4n) is 5.67. The highest BCUT2D eigenvalue weighted by Crippen LogP contribution is 2.33. The molecule has 7 heteroatoms. The third kappa shape index (κ3) is 7.02. The maximum absolute atomic E-state index is 13.4. The molecule has 2 aliphatic rings. The number of ether oxygens (including phenoxy) is 1. The standard InChI is InChI=1S/C32H37F2N3O2/c1-22-3-6-26(35-32(38)25-11-15-36(2)16-12-25)19-29(22)24-13-17-37(18-14-24)21-23-4-7-27(8-5-23)39-28-9-10-30(33)31(34)20-28/h3-10,19-20,24-25H,11-18,21H2,1-2H3,(H,35,38). The number of nitrogens with one attached hydrogen (secondary N) is 1. The summed E-state index contributed by atoms with van der Waals surface area (Å²) >= 11 is 0. The molecule has 5 nitrogen and oxygen atoms in total. The van der Waals surface area contributed by atoms with E-state index in [0.29, 0.717) is 11.7 Å². The highest BCUT2D eigenvalue weighted by molar-refractivity contribution is 5.92. The smallest absolute Gasteiger partial charge is 0.227 e. The second kappa shape index (κ2) is 12.3.